The monoisotopic (exact) mass is 377 g/mol. The Morgan fingerprint density at radius 1 is 1.35 bits per heavy atom. The van der Waals surface area contributed by atoms with Gasteiger partial charge in [0.2, 0.25) is 5.91 Å². The first kappa shape index (κ1) is 20.0. The Balaban J connectivity index is 2.37. The topological polar surface area (TPSA) is 62.8 Å². The number of hydrogen-bond donors (Lipinski definition) is 2. The minimum atomic E-state index is -0.0705. The standard InChI is InChI=1S/C19H27N3O3S/c1-5-8-20-19(26)22-9-7-13-10-16(24-3)17(25-4)11-14(13)15(22)12-21-18(23)6-2/h5,10-11,15H,1,6-9,12H2,2-4H3,(H,20,26)(H,21,23)/t15-/m0/s1. The first-order chi connectivity index (χ1) is 12.5. The van der Waals surface area contributed by atoms with Crippen molar-refractivity contribution in [3.8, 4) is 11.5 Å². The largest absolute Gasteiger partial charge is 0.493 e. The zero-order valence-corrected chi connectivity index (χ0v) is 16.4. The van der Waals surface area contributed by atoms with E-state index in [4.69, 9.17) is 21.7 Å². The van der Waals surface area contributed by atoms with E-state index >= 15 is 0 Å². The number of methoxy groups -OCH3 is 2. The molecule has 1 heterocycles. The third-order valence-electron chi connectivity index (χ3n) is 4.47. The second-order valence-electron chi connectivity index (χ2n) is 6.00. The van der Waals surface area contributed by atoms with E-state index in [2.05, 4.69) is 22.1 Å². The maximum Gasteiger partial charge on any atom is 0.219 e. The SMILES string of the molecule is C=CCNC(=S)N1CCc2cc(OC)c(OC)cc2[C@@H]1CNC(=O)CC. The average molecular weight is 378 g/mol. The number of carbonyl (C=O) groups is 1. The van der Waals surface area contributed by atoms with Gasteiger partial charge in [-0.3, -0.25) is 4.79 Å². The van der Waals surface area contributed by atoms with Crippen LogP contribution < -0.4 is 20.1 Å². The first-order valence-electron chi connectivity index (χ1n) is 8.72. The van der Waals surface area contributed by atoms with Crippen molar-refractivity contribution < 1.29 is 14.3 Å². The normalized spacial score (nSPS) is 15.7. The fourth-order valence-corrected chi connectivity index (χ4v) is 3.39. The maximum absolute atomic E-state index is 11.8. The molecule has 0 unspecified atom stereocenters. The van der Waals surface area contributed by atoms with Crippen LogP contribution in [0.25, 0.3) is 0 Å². The zero-order chi connectivity index (χ0) is 19.1. The summed E-state index contributed by atoms with van der Waals surface area (Å²) in [7, 11) is 3.25. The Morgan fingerprint density at radius 3 is 2.65 bits per heavy atom. The van der Waals surface area contributed by atoms with Crippen molar-refractivity contribution in [2.45, 2.75) is 25.8 Å². The number of nitrogens with zero attached hydrogens (tertiary/aromatic N) is 1. The van der Waals surface area contributed by atoms with E-state index in [1.807, 2.05) is 19.1 Å². The van der Waals surface area contributed by atoms with Gasteiger partial charge in [-0.25, -0.2) is 0 Å². The molecule has 0 spiro atoms. The summed E-state index contributed by atoms with van der Waals surface area (Å²) in [5.74, 6) is 1.40. The van der Waals surface area contributed by atoms with E-state index < -0.39 is 0 Å². The highest BCUT2D eigenvalue weighted by Crippen LogP contribution is 2.38. The zero-order valence-electron chi connectivity index (χ0n) is 15.6. The van der Waals surface area contributed by atoms with Gasteiger partial charge in [0, 0.05) is 26.1 Å². The Labute approximate surface area is 160 Å². The van der Waals surface area contributed by atoms with E-state index in [-0.39, 0.29) is 11.9 Å². The summed E-state index contributed by atoms with van der Waals surface area (Å²) in [6.07, 6.45) is 3.06. The summed E-state index contributed by atoms with van der Waals surface area (Å²) >= 11 is 5.56. The van der Waals surface area contributed by atoms with Crippen molar-refractivity contribution in [2.75, 3.05) is 33.9 Å². The van der Waals surface area contributed by atoms with Gasteiger partial charge in [-0.2, -0.15) is 0 Å². The molecule has 0 bridgehead atoms. The second kappa shape index (κ2) is 9.43. The van der Waals surface area contributed by atoms with E-state index in [1.165, 1.54) is 5.56 Å². The first-order valence-corrected chi connectivity index (χ1v) is 9.13. The van der Waals surface area contributed by atoms with Crippen LogP contribution in [-0.4, -0.2) is 49.8 Å². The Bertz CT molecular complexity index is 678. The molecule has 1 aromatic carbocycles. The smallest absolute Gasteiger partial charge is 0.219 e. The van der Waals surface area contributed by atoms with Gasteiger partial charge < -0.3 is 25.0 Å². The number of amides is 1. The number of hydrogen-bond acceptors (Lipinski definition) is 4. The minimum Gasteiger partial charge on any atom is -0.493 e. The van der Waals surface area contributed by atoms with Crippen molar-refractivity contribution >= 4 is 23.2 Å². The molecular weight excluding hydrogens is 350 g/mol. The van der Waals surface area contributed by atoms with Crippen molar-refractivity contribution in [1.82, 2.24) is 15.5 Å². The molecule has 6 nitrogen and oxygen atoms in total. The predicted molar refractivity (Wildman–Crippen MR) is 107 cm³/mol. The van der Waals surface area contributed by atoms with Gasteiger partial charge in [0.1, 0.15) is 0 Å². The van der Waals surface area contributed by atoms with Gasteiger partial charge in [-0.05, 0) is 41.9 Å². The molecule has 0 saturated heterocycles. The third kappa shape index (κ3) is 4.46. The lowest BCUT2D eigenvalue weighted by Gasteiger charge is -2.39. The van der Waals surface area contributed by atoms with Crippen LogP contribution in [-0.2, 0) is 11.2 Å². The van der Waals surface area contributed by atoms with Crippen LogP contribution >= 0.6 is 12.2 Å². The molecule has 2 rings (SSSR count). The second-order valence-corrected chi connectivity index (χ2v) is 6.38. The lowest BCUT2D eigenvalue weighted by Crippen LogP contribution is -2.49. The number of carbonyl (C=O) groups excluding carboxylic acids is 1. The van der Waals surface area contributed by atoms with Crippen molar-refractivity contribution in [3.05, 3.63) is 35.9 Å². The molecule has 1 aliphatic rings. The summed E-state index contributed by atoms with van der Waals surface area (Å²) in [5.41, 5.74) is 2.27. The average Bonchev–Trinajstić information content (AvgIpc) is 2.68. The lowest BCUT2D eigenvalue weighted by atomic mass is 9.92. The molecule has 2 N–H and O–H groups in total. The predicted octanol–water partition coefficient (Wildman–Crippen LogP) is 2.19. The maximum atomic E-state index is 11.8. The highest BCUT2D eigenvalue weighted by Gasteiger charge is 2.30. The molecule has 0 aromatic heterocycles. The van der Waals surface area contributed by atoms with Crippen LogP contribution in [0.3, 0.4) is 0 Å². The minimum absolute atomic E-state index is 0.0162. The quantitative estimate of drug-likeness (QED) is 0.561. The molecule has 0 saturated carbocycles. The van der Waals surface area contributed by atoms with Crippen LogP contribution in [0, 0.1) is 0 Å². The molecule has 142 valence electrons. The number of benzene rings is 1. The van der Waals surface area contributed by atoms with Gasteiger partial charge in [0.05, 0.1) is 20.3 Å². The summed E-state index contributed by atoms with van der Waals surface area (Å²) in [6.45, 7) is 7.40. The van der Waals surface area contributed by atoms with Crippen LogP contribution in [0.2, 0.25) is 0 Å². The summed E-state index contributed by atoms with van der Waals surface area (Å²) in [6, 6.07) is 3.93. The van der Waals surface area contributed by atoms with Crippen LogP contribution in [0.1, 0.15) is 30.5 Å². The molecular formula is C19H27N3O3S. The van der Waals surface area contributed by atoms with E-state index in [0.717, 1.165) is 18.5 Å². The summed E-state index contributed by atoms with van der Waals surface area (Å²) < 4.78 is 10.9. The van der Waals surface area contributed by atoms with Crippen LogP contribution in [0.15, 0.2) is 24.8 Å². The molecule has 1 aromatic rings. The molecule has 1 amide bonds. The number of thiocarbonyl (C=S) groups is 1. The fourth-order valence-electron chi connectivity index (χ4n) is 3.09. The molecule has 1 atom stereocenters. The van der Waals surface area contributed by atoms with Gasteiger partial charge in [0.25, 0.3) is 0 Å². The van der Waals surface area contributed by atoms with Gasteiger partial charge in [0.15, 0.2) is 16.6 Å². The lowest BCUT2D eigenvalue weighted by molar-refractivity contribution is -0.121. The number of ether oxygens (including phenoxy) is 2. The van der Waals surface area contributed by atoms with E-state index in [0.29, 0.717) is 36.1 Å². The number of nitrogens with one attached hydrogen (secondary N) is 2. The molecule has 0 aliphatic carbocycles. The highest BCUT2D eigenvalue weighted by atomic mass is 32.1. The Hall–Kier alpha value is -2.28. The van der Waals surface area contributed by atoms with Crippen molar-refractivity contribution in [3.63, 3.8) is 0 Å². The van der Waals surface area contributed by atoms with Gasteiger partial charge in [-0.15, -0.1) is 6.58 Å². The third-order valence-corrected chi connectivity index (χ3v) is 4.85. The van der Waals surface area contributed by atoms with Gasteiger partial charge in [-0.1, -0.05) is 13.0 Å². The van der Waals surface area contributed by atoms with Crippen LogP contribution in [0.4, 0.5) is 0 Å². The highest BCUT2D eigenvalue weighted by molar-refractivity contribution is 7.80. The molecule has 1 aliphatic heterocycles. The van der Waals surface area contributed by atoms with Gasteiger partial charge >= 0.3 is 0 Å². The van der Waals surface area contributed by atoms with Crippen LogP contribution in [0.5, 0.6) is 11.5 Å². The van der Waals surface area contributed by atoms with E-state index in [1.54, 1.807) is 20.3 Å². The molecule has 26 heavy (non-hydrogen) atoms. The summed E-state index contributed by atoms with van der Waals surface area (Å²) in [5, 5.41) is 6.83. The number of rotatable bonds is 7. The Kier molecular flexibility index (Phi) is 7.26. The molecule has 7 heteroatoms. The van der Waals surface area contributed by atoms with E-state index in [9.17, 15) is 4.79 Å². The molecule has 0 radical (unpaired) electrons. The fraction of sp³-hybridized carbons (Fsp3) is 0.474. The Morgan fingerprint density at radius 2 is 2.04 bits per heavy atom. The van der Waals surface area contributed by atoms with Crippen molar-refractivity contribution in [1.29, 1.82) is 0 Å². The number of fused-ring (bicyclic) bond motifs is 1. The summed E-state index contributed by atoms with van der Waals surface area (Å²) in [4.78, 5) is 13.9. The molecule has 0 fully saturated rings. The van der Waals surface area contributed by atoms with Crippen molar-refractivity contribution in [2.24, 2.45) is 0 Å².